The van der Waals surface area contributed by atoms with Crippen LogP contribution in [0.2, 0.25) is 0 Å². The fraction of sp³-hybridized carbons (Fsp3) is 0.435. The quantitative estimate of drug-likeness (QED) is 0.543. The van der Waals surface area contributed by atoms with E-state index in [0.717, 1.165) is 6.20 Å². The Morgan fingerprint density at radius 1 is 1.18 bits per heavy atom. The molecule has 8 nitrogen and oxygen atoms in total. The van der Waals surface area contributed by atoms with Gasteiger partial charge < -0.3 is 11.1 Å². The lowest BCUT2D eigenvalue weighted by Gasteiger charge is -2.31. The van der Waals surface area contributed by atoms with Gasteiger partial charge in [-0.05, 0) is 57.4 Å². The summed E-state index contributed by atoms with van der Waals surface area (Å²) in [7, 11) is -3.23. The van der Waals surface area contributed by atoms with Gasteiger partial charge in [0.05, 0.1) is 11.9 Å². The number of anilines is 1. The van der Waals surface area contributed by atoms with Gasteiger partial charge in [-0.25, -0.2) is 31.5 Å². The van der Waals surface area contributed by atoms with Crippen LogP contribution in [0, 0.1) is 18.6 Å². The van der Waals surface area contributed by atoms with Gasteiger partial charge in [0.2, 0.25) is 16.0 Å². The third-order valence-electron chi connectivity index (χ3n) is 6.08. The van der Waals surface area contributed by atoms with Gasteiger partial charge in [-0.2, -0.15) is 0 Å². The summed E-state index contributed by atoms with van der Waals surface area (Å²) in [4.78, 5) is 12.6. The second-order valence-electron chi connectivity index (χ2n) is 8.60. The van der Waals surface area contributed by atoms with E-state index in [-0.39, 0.29) is 40.6 Å². The summed E-state index contributed by atoms with van der Waals surface area (Å²) < 4.78 is 55.3. The summed E-state index contributed by atoms with van der Waals surface area (Å²) in [6.45, 7) is 5.97. The molecule has 3 aromatic rings. The van der Waals surface area contributed by atoms with Gasteiger partial charge >= 0.3 is 0 Å². The molecule has 182 valence electrons. The fourth-order valence-corrected chi connectivity index (χ4v) is 5.37. The summed E-state index contributed by atoms with van der Waals surface area (Å²) in [5.41, 5.74) is 7.84. The van der Waals surface area contributed by atoms with Crippen molar-refractivity contribution in [3.63, 3.8) is 0 Å². The zero-order valence-electron chi connectivity index (χ0n) is 19.3. The Labute approximate surface area is 197 Å². The maximum absolute atomic E-state index is 15.0. The molecule has 1 atom stereocenters. The number of rotatable bonds is 6. The number of halogens is 2. The van der Waals surface area contributed by atoms with Gasteiger partial charge in [0.1, 0.15) is 17.0 Å². The van der Waals surface area contributed by atoms with E-state index in [0.29, 0.717) is 42.6 Å². The SMILES string of the molecule is CCS(=O)(=O)N1CCC(Nc2ncc(F)c(-c3cc(F)c4nc(C)cc(C(C)N)c4c3)n2)CC1. The van der Waals surface area contributed by atoms with Crippen molar-refractivity contribution in [1.82, 2.24) is 19.3 Å². The van der Waals surface area contributed by atoms with Crippen molar-refractivity contribution in [3.8, 4) is 11.3 Å². The Bertz CT molecular complexity index is 1320. The topological polar surface area (TPSA) is 114 Å². The normalized spacial score (nSPS) is 16.6. The predicted molar refractivity (Wildman–Crippen MR) is 128 cm³/mol. The second-order valence-corrected chi connectivity index (χ2v) is 10.9. The highest BCUT2D eigenvalue weighted by Crippen LogP contribution is 2.31. The molecule has 0 radical (unpaired) electrons. The van der Waals surface area contributed by atoms with Crippen LogP contribution >= 0.6 is 0 Å². The number of aromatic nitrogens is 3. The minimum Gasteiger partial charge on any atom is -0.351 e. The molecule has 1 fully saturated rings. The van der Waals surface area contributed by atoms with Crippen LogP contribution in [0.25, 0.3) is 22.2 Å². The van der Waals surface area contributed by atoms with E-state index in [9.17, 15) is 17.2 Å². The number of nitrogens with two attached hydrogens (primary N) is 1. The largest absolute Gasteiger partial charge is 0.351 e. The van der Waals surface area contributed by atoms with Crippen molar-refractivity contribution in [2.75, 3.05) is 24.2 Å². The molecule has 4 rings (SSSR count). The first-order valence-electron chi connectivity index (χ1n) is 11.2. The number of hydrogen-bond donors (Lipinski definition) is 2. The molecule has 1 aliphatic rings. The summed E-state index contributed by atoms with van der Waals surface area (Å²) in [5, 5.41) is 3.67. The van der Waals surface area contributed by atoms with Crippen molar-refractivity contribution in [2.24, 2.45) is 5.73 Å². The molecular formula is C23H28F2N6O2S. The summed E-state index contributed by atoms with van der Waals surface area (Å²) in [6, 6.07) is 4.22. The smallest absolute Gasteiger partial charge is 0.223 e. The van der Waals surface area contributed by atoms with Gasteiger partial charge in [0.25, 0.3) is 0 Å². The molecule has 34 heavy (non-hydrogen) atoms. The van der Waals surface area contributed by atoms with Crippen LogP contribution in [0.15, 0.2) is 24.4 Å². The number of nitrogens with zero attached hydrogens (tertiary/aromatic N) is 4. The van der Waals surface area contributed by atoms with E-state index in [2.05, 4.69) is 20.3 Å². The highest BCUT2D eigenvalue weighted by Gasteiger charge is 2.27. The lowest BCUT2D eigenvalue weighted by atomic mass is 9.99. The molecule has 1 aliphatic heterocycles. The number of sulfonamides is 1. The highest BCUT2D eigenvalue weighted by atomic mass is 32.2. The lowest BCUT2D eigenvalue weighted by molar-refractivity contribution is 0.329. The van der Waals surface area contributed by atoms with E-state index < -0.39 is 21.7 Å². The number of fused-ring (bicyclic) bond motifs is 1. The molecular weight excluding hydrogens is 462 g/mol. The van der Waals surface area contributed by atoms with Crippen LogP contribution in [-0.4, -0.2) is 52.6 Å². The Kier molecular flexibility index (Phi) is 6.79. The van der Waals surface area contributed by atoms with Crippen LogP contribution in [0.3, 0.4) is 0 Å². The van der Waals surface area contributed by atoms with Crippen LogP contribution in [-0.2, 0) is 10.0 Å². The van der Waals surface area contributed by atoms with E-state index in [4.69, 9.17) is 5.73 Å². The third-order valence-corrected chi connectivity index (χ3v) is 7.96. The molecule has 0 spiro atoms. The Morgan fingerprint density at radius 2 is 1.88 bits per heavy atom. The monoisotopic (exact) mass is 490 g/mol. The number of pyridine rings is 1. The molecule has 2 aromatic heterocycles. The first-order chi connectivity index (χ1) is 16.1. The van der Waals surface area contributed by atoms with Gasteiger partial charge in [-0.15, -0.1) is 0 Å². The molecule has 0 amide bonds. The minimum absolute atomic E-state index is 0.0412. The van der Waals surface area contributed by atoms with Crippen molar-refractivity contribution in [2.45, 2.75) is 45.7 Å². The number of nitrogens with one attached hydrogen (secondary N) is 1. The van der Waals surface area contributed by atoms with E-state index in [1.54, 1.807) is 32.9 Å². The van der Waals surface area contributed by atoms with Gasteiger partial charge in [0.15, 0.2) is 5.82 Å². The molecule has 0 aliphatic carbocycles. The molecule has 11 heteroatoms. The van der Waals surface area contributed by atoms with Crippen molar-refractivity contribution >= 4 is 26.9 Å². The molecule has 3 N–H and O–H groups in total. The van der Waals surface area contributed by atoms with E-state index in [1.807, 2.05) is 0 Å². The van der Waals surface area contributed by atoms with Crippen LogP contribution in [0.1, 0.15) is 44.0 Å². The summed E-state index contributed by atoms with van der Waals surface area (Å²) in [6.07, 6.45) is 2.19. The first-order valence-corrected chi connectivity index (χ1v) is 12.8. The first kappa shape index (κ1) is 24.4. The standard InChI is InChI=1S/C23H28F2N6O2S/c1-4-34(32,33)31-7-5-16(6-8-31)29-23-27-12-20(25)21(30-23)15-10-18-17(14(3)26)9-13(2)28-22(18)19(24)11-15/h9-12,14,16H,4-8,26H2,1-3H3,(H,27,29,30). The molecule has 0 saturated carbocycles. The molecule has 1 aromatic carbocycles. The average Bonchev–Trinajstić information content (AvgIpc) is 2.80. The number of hydrogen-bond acceptors (Lipinski definition) is 7. The van der Waals surface area contributed by atoms with Gasteiger partial charge in [0, 0.05) is 41.8 Å². The van der Waals surface area contributed by atoms with Crippen LogP contribution in [0.5, 0.6) is 0 Å². The Morgan fingerprint density at radius 3 is 2.53 bits per heavy atom. The number of aryl methyl sites for hydroxylation is 1. The van der Waals surface area contributed by atoms with Crippen LogP contribution in [0.4, 0.5) is 14.7 Å². The zero-order chi connectivity index (χ0) is 24.6. The molecule has 1 unspecified atom stereocenters. The number of piperidine rings is 1. The Hall–Kier alpha value is -2.76. The van der Waals surface area contributed by atoms with Crippen molar-refractivity contribution in [1.29, 1.82) is 0 Å². The third kappa shape index (κ3) is 4.86. The lowest BCUT2D eigenvalue weighted by Crippen LogP contribution is -2.43. The van der Waals surface area contributed by atoms with Crippen molar-refractivity contribution in [3.05, 3.63) is 47.3 Å². The predicted octanol–water partition coefficient (Wildman–Crippen LogP) is 3.52. The van der Waals surface area contributed by atoms with E-state index >= 15 is 0 Å². The van der Waals surface area contributed by atoms with Crippen molar-refractivity contribution < 1.29 is 17.2 Å². The maximum atomic E-state index is 15.0. The summed E-state index contributed by atoms with van der Waals surface area (Å²) in [5.74, 6) is -1.01. The second kappa shape index (κ2) is 9.47. The zero-order valence-corrected chi connectivity index (χ0v) is 20.2. The maximum Gasteiger partial charge on any atom is 0.223 e. The molecule has 0 bridgehead atoms. The minimum atomic E-state index is -3.23. The average molecular weight is 491 g/mol. The molecule has 1 saturated heterocycles. The number of benzene rings is 1. The van der Waals surface area contributed by atoms with E-state index in [1.165, 1.54) is 10.4 Å². The summed E-state index contributed by atoms with van der Waals surface area (Å²) >= 11 is 0. The fourth-order valence-electron chi connectivity index (χ4n) is 4.24. The highest BCUT2D eigenvalue weighted by molar-refractivity contribution is 7.89. The Balaban J connectivity index is 1.63. The van der Waals surface area contributed by atoms with Gasteiger partial charge in [-0.1, -0.05) is 0 Å². The van der Waals surface area contributed by atoms with Crippen LogP contribution < -0.4 is 11.1 Å². The van der Waals surface area contributed by atoms with Gasteiger partial charge in [-0.3, -0.25) is 4.98 Å². The molecule has 3 heterocycles.